The summed E-state index contributed by atoms with van der Waals surface area (Å²) in [5, 5.41) is 0. The lowest BCUT2D eigenvalue weighted by molar-refractivity contribution is -0.117. The topological polar surface area (TPSA) is 50.5 Å². The summed E-state index contributed by atoms with van der Waals surface area (Å²) in [6, 6.07) is 0. The van der Waals surface area contributed by atoms with Gasteiger partial charge in [0.05, 0.1) is 12.4 Å². The van der Waals surface area contributed by atoms with Crippen LogP contribution in [-0.4, -0.2) is 26.8 Å². The molecule has 1 amide bonds. The molecule has 1 fully saturated rings. The van der Waals surface area contributed by atoms with E-state index in [0.717, 1.165) is 36.5 Å². The SMILES string of the molecule is CCc1cnc2cnc(N3CCCC3=O)cn12. The Morgan fingerprint density at radius 3 is 2.94 bits per heavy atom. The number of anilines is 1. The summed E-state index contributed by atoms with van der Waals surface area (Å²) >= 11 is 0. The third-order valence-corrected chi connectivity index (χ3v) is 3.17. The van der Waals surface area contributed by atoms with Crippen molar-refractivity contribution in [2.45, 2.75) is 26.2 Å². The number of aromatic nitrogens is 3. The van der Waals surface area contributed by atoms with Crippen molar-refractivity contribution >= 4 is 17.4 Å². The van der Waals surface area contributed by atoms with Gasteiger partial charge in [-0.3, -0.25) is 14.1 Å². The highest BCUT2D eigenvalue weighted by molar-refractivity contribution is 5.94. The van der Waals surface area contributed by atoms with Gasteiger partial charge in [0.1, 0.15) is 0 Å². The fourth-order valence-electron chi connectivity index (χ4n) is 2.22. The fraction of sp³-hybridized carbons (Fsp3) is 0.417. The third kappa shape index (κ3) is 1.58. The van der Waals surface area contributed by atoms with Crippen molar-refractivity contribution in [3.63, 3.8) is 0 Å². The lowest BCUT2D eigenvalue weighted by atomic mass is 10.4. The summed E-state index contributed by atoms with van der Waals surface area (Å²) in [5.41, 5.74) is 1.97. The highest BCUT2D eigenvalue weighted by atomic mass is 16.2. The molecule has 0 saturated carbocycles. The molecule has 2 aromatic rings. The first-order chi connectivity index (χ1) is 8.29. The second-order valence-corrected chi connectivity index (χ2v) is 4.23. The van der Waals surface area contributed by atoms with Crippen molar-refractivity contribution in [2.75, 3.05) is 11.4 Å². The van der Waals surface area contributed by atoms with Crippen LogP contribution in [-0.2, 0) is 11.2 Å². The van der Waals surface area contributed by atoms with Crippen LogP contribution in [0.1, 0.15) is 25.5 Å². The first-order valence-electron chi connectivity index (χ1n) is 5.92. The number of carbonyl (C=O) groups excluding carboxylic acids is 1. The normalized spacial score (nSPS) is 16.1. The van der Waals surface area contributed by atoms with E-state index in [4.69, 9.17) is 0 Å². The lowest BCUT2D eigenvalue weighted by Crippen LogP contribution is -2.25. The number of imidazole rings is 1. The van der Waals surface area contributed by atoms with Crippen LogP contribution in [0.25, 0.3) is 5.65 Å². The molecule has 0 aromatic carbocycles. The molecule has 0 spiro atoms. The molecular weight excluding hydrogens is 216 g/mol. The molecule has 17 heavy (non-hydrogen) atoms. The van der Waals surface area contributed by atoms with Crippen LogP contribution in [0.5, 0.6) is 0 Å². The second-order valence-electron chi connectivity index (χ2n) is 4.23. The molecular formula is C12H14N4O. The van der Waals surface area contributed by atoms with E-state index in [1.165, 1.54) is 0 Å². The van der Waals surface area contributed by atoms with Crippen LogP contribution in [0.4, 0.5) is 5.82 Å². The van der Waals surface area contributed by atoms with Crippen LogP contribution in [0.2, 0.25) is 0 Å². The largest absolute Gasteiger partial charge is 0.299 e. The van der Waals surface area contributed by atoms with E-state index in [-0.39, 0.29) is 5.91 Å². The summed E-state index contributed by atoms with van der Waals surface area (Å²) in [7, 11) is 0. The van der Waals surface area contributed by atoms with Crippen molar-refractivity contribution in [3.05, 3.63) is 24.3 Å². The quantitative estimate of drug-likeness (QED) is 0.784. The van der Waals surface area contributed by atoms with Crippen LogP contribution in [0.3, 0.4) is 0 Å². The van der Waals surface area contributed by atoms with Gasteiger partial charge in [0, 0.05) is 24.9 Å². The maximum absolute atomic E-state index is 11.7. The van der Waals surface area contributed by atoms with E-state index in [0.29, 0.717) is 6.42 Å². The van der Waals surface area contributed by atoms with Crippen molar-refractivity contribution in [3.8, 4) is 0 Å². The molecule has 5 nitrogen and oxygen atoms in total. The molecule has 2 aromatic heterocycles. The number of rotatable bonds is 2. The molecule has 88 valence electrons. The lowest BCUT2D eigenvalue weighted by Gasteiger charge is -2.14. The molecule has 0 bridgehead atoms. The van der Waals surface area contributed by atoms with Gasteiger partial charge in [0.15, 0.2) is 11.5 Å². The maximum atomic E-state index is 11.7. The van der Waals surface area contributed by atoms with Gasteiger partial charge in [0.25, 0.3) is 0 Å². The van der Waals surface area contributed by atoms with E-state index in [2.05, 4.69) is 16.9 Å². The molecule has 0 N–H and O–H groups in total. The third-order valence-electron chi connectivity index (χ3n) is 3.17. The van der Waals surface area contributed by atoms with Gasteiger partial charge >= 0.3 is 0 Å². The Kier molecular flexibility index (Phi) is 2.31. The Balaban J connectivity index is 2.08. The monoisotopic (exact) mass is 230 g/mol. The van der Waals surface area contributed by atoms with E-state index < -0.39 is 0 Å². The molecule has 5 heteroatoms. The van der Waals surface area contributed by atoms with Gasteiger partial charge in [-0.2, -0.15) is 0 Å². The van der Waals surface area contributed by atoms with Gasteiger partial charge in [-0.1, -0.05) is 6.92 Å². The van der Waals surface area contributed by atoms with Crippen LogP contribution in [0, 0.1) is 0 Å². The van der Waals surface area contributed by atoms with E-state index in [9.17, 15) is 4.79 Å². The van der Waals surface area contributed by atoms with E-state index in [1.807, 2.05) is 16.8 Å². The van der Waals surface area contributed by atoms with Gasteiger partial charge in [-0.15, -0.1) is 0 Å². The van der Waals surface area contributed by atoms with Gasteiger partial charge < -0.3 is 0 Å². The van der Waals surface area contributed by atoms with Crippen molar-refractivity contribution in [1.82, 2.24) is 14.4 Å². The molecule has 0 aliphatic carbocycles. The highest BCUT2D eigenvalue weighted by Crippen LogP contribution is 2.19. The maximum Gasteiger partial charge on any atom is 0.228 e. The summed E-state index contributed by atoms with van der Waals surface area (Å²) in [5.74, 6) is 0.891. The Morgan fingerprint density at radius 1 is 1.35 bits per heavy atom. The molecule has 1 saturated heterocycles. The average molecular weight is 230 g/mol. The molecule has 0 radical (unpaired) electrons. The summed E-state index contributed by atoms with van der Waals surface area (Å²) < 4.78 is 2.01. The first-order valence-corrected chi connectivity index (χ1v) is 5.92. The van der Waals surface area contributed by atoms with E-state index >= 15 is 0 Å². The number of carbonyl (C=O) groups is 1. The number of amides is 1. The van der Waals surface area contributed by atoms with Crippen LogP contribution < -0.4 is 4.90 Å². The Morgan fingerprint density at radius 2 is 2.24 bits per heavy atom. The number of aryl methyl sites for hydroxylation is 1. The first kappa shape index (κ1) is 10.3. The molecule has 3 rings (SSSR count). The standard InChI is InChI=1S/C12H14N4O/c1-2-9-6-13-10-7-14-11(8-16(9)10)15-5-3-4-12(15)17/h6-8H,2-5H2,1H3. The zero-order valence-corrected chi connectivity index (χ0v) is 9.76. The second kappa shape index (κ2) is 3.84. The summed E-state index contributed by atoms with van der Waals surface area (Å²) in [6.07, 6.45) is 7.95. The van der Waals surface area contributed by atoms with Crippen molar-refractivity contribution < 1.29 is 4.79 Å². The van der Waals surface area contributed by atoms with E-state index in [1.54, 1.807) is 11.1 Å². The molecule has 0 unspecified atom stereocenters. The molecule has 3 heterocycles. The zero-order valence-electron chi connectivity index (χ0n) is 9.76. The van der Waals surface area contributed by atoms with Crippen LogP contribution >= 0.6 is 0 Å². The zero-order chi connectivity index (χ0) is 11.8. The predicted molar refractivity (Wildman–Crippen MR) is 64.0 cm³/mol. The predicted octanol–water partition coefficient (Wildman–Crippen LogP) is 1.42. The van der Waals surface area contributed by atoms with Gasteiger partial charge in [-0.25, -0.2) is 9.97 Å². The molecule has 1 aliphatic heterocycles. The average Bonchev–Trinajstić information content (AvgIpc) is 2.93. The minimum atomic E-state index is 0.162. The molecule has 0 atom stereocenters. The Bertz CT molecular complexity index is 575. The Labute approximate surface area is 99.1 Å². The van der Waals surface area contributed by atoms with Gasteiger partial charge in [-0.05, 0) is 12.8 Å². The number of hydrogen-bond donors (Lipinski definition) is 0. The summed E-state index contributed by atoms with van der Waals surface area (Å²) in [6.45, 7) is 2.86. The molecule has 1 aliphatic rings. The van der Waals surface area contributed by atoms with Gasteiger partial charge in [0.2, 0.25) is 5.91 Å². The smallest absolute Gasteiger partial charge is 0.228 e. The summed E-state index contributed by atoms with van der Waals surface area (Å²) in [4.78, 5) is 22.0. The van der Waals surface area contributed by atoms with Crippen molar-refractivity contribution in [1.29, 1.82) is 0 Å². The minimum absolute atomic E-state index is 0.162. The number of nitrogens with zero attached hydrogens (tertiary/aromatic N) is 4. The number of fused-ring (bicyclic) bond motifs is 1. The van der Waals surface area contributed by atoms with Crippen LogP contribution in [0.15, 0.2) is 18.6 Å². The van der Waals surface area contributed by atoms with Crippen molar-refractivity contribution in [2.24, 2.45) is 0 Å². The fourth-order valence-corrected chi connectivity index (χ4v) is 2.22. The highest BCUT2D eigenvalue weighted by Gasteiger charge is 2.23. The Hall–Kier alpha value is -1.91. The minimum Gasteiger partial charge on any atom is -0.299 e. The number of hydrogen-bond acceptors (Lipinski definition) is 3.